The van der Waals surface area contributed by atoms with Crippen LogP contribution in [-0.2, 0) is 9.53 Å². The SMILES string of the molecule is C=C(C(=O)N(COCC[Si](C)(C)C)c1cccc(C)c1Br)c1ccccc1. The molecule has 0 saturated heterocycles. The van der Waals surface area contributed by atoms with Crippen LogP contribution in [0.2, 0.25) is 25.7 Å². The molecule has 0 radical (unpaired) electrons. The zero-order valence-corrected chi connectivity index (χ0v) is 19.2. The van der Waals surface area contributed by atoms with Gasteiger partial charge in [0, 0.05) is 24.7 Å². The van der Waals surface area contributed by atoms with Gasteiger partial charge in [-0.1, -0.05) is 68.7 Å². The number of anilines is 1. The minimum absolute atomic E-state index is 0.152. The van der Waals surface area contributed by atoms with Crippen LogP contribution in [0.25, 0.3) is 5.57 Å². The van der Waals surface area contributed by atoms with E-state index in [9.17, 15) is 4.79 Å². The van der Waals surface area contributed by atoms with Crippen LogP contribution in [0, 0.1) is 6.92 Å². The highest BCUT2D eigenvalue weighted by molar-refractivity contribution is 9.10. The monoisotopic (exact) mass is 445 g/mol. The van der Waals surface area contributed by atoms with Gasteiger partial charge >= 0.3 is 0 Å². The summed E-state index contributed by atoms with van der Waals surface area (Å²) in [6.45, 7) is 13.8. The fraction of sp³-hybridized carbons (Fsp3) is 0.318. The molecule has 5 heteroatoms. The van der Waals surface area contributed by atoms with Gasteiger partial charge in [-0.2, -0.15) is 0 Å². The molecular formula is C22H28BrNO2Si. The number of ether oxygens (including phenoxy) is 1. The van der Waals surface area contributed by atoms with Crippen LogP contribution in [0.3, 0.4) is 0 Å². The molecule has 0 fully saturated rings. The molecule has 2 rings (SSSR count). The third kappa shape index (κ3) is 6.16. The first-order chi connectivity index (χ1) is 12.7. The smallest absolute Gasteiger partial charge is 0.260 e. The largest absolute Gasteiger partial charge is 0.361 e. The molecule has 0 aliphatic heterocycles. The molecule has 2 aromatic rings. The molecule has 0 aliphatic carbocycles. The van der Waals surface area contributed by atoms with Gasteiger partial charge in [-0.05, 0) is 46.1 Å². The number of carbonyl (C=O) groups excluding carboxylic acids is 1. The van der Waals surface area contributed by atoms with Gasteiger partial charge in [0.15, 0.2) is 0 Å². The second kappa shape index (κ2) is 9.49. The fourth-order valence-electron chi connectivity index (χ4n) is 2.54. The standard InChI is InChI=1S/C22H28BrNO2Si/c1-17-10-9-13-20(21(17)23)24(16-26-14-15-27(3,4)5)22(25)18(2)19-11-7-6-8-12-19/h6-13H,2,14-16H2,1,3-5H3. The number of hydrogen-bond donors (Lipinski definition) is 0. The molecule has 0 spiro atoms. The Morgan fingerprint density at radius 1 is 1.11 bits per heavy atom. The molecule has 27 heavy (non-hydrogen) atoms. The Kier molecular flexibility index (Phi) is 7.59. The van der Waals surface area contributed by atoms with E-state index in [1.807, 2.05) is 55.5 Å². The third-order valence-corrected chi connectivity index (χ3v) is 7.04. The summed E-state index contributed by atoms with van der Waals surface area (Å²) in [5.41, 5.74) is 3.14. The van der Waals surface area contributed by atoms with Crippen molar-refractivity contribution < 1.29 is 9.53 Å². The molecule has 0 atom stereocenters. The lowest BCUT2D eigenvalue weighted by atomic mass is 10.1. The van der Waals surface area contributed by atoms with Crippen molar-refractivity contribution in [2.24, 2.45) is 0 Å². The van der Waals surface area contributed by atoms with Gasteiger partial charge in [0.2, 0.25) is 0 Å². The van der Waals surface area contributed by atoms with E-state index in [0.717, 1.165) is 27.3 Å². The maximum atomic E-state index is 13.2. The number of carbonyl (C=O) groups is 1. The van der Waals surface area contributed by atoms with E-state index in [1.165, 1.54) is 0 Å². The first kappa shape index (κ1) is 21.6. The van der Waals surface area contributed by atoms with Crippen molar-refractivity contribution in [1.29, 1.82) is 0 Å². The highest BCUT2D eigenvalue weighted by Crippen LogP contribution is 2.31. The number of hydrogen-bond acceptors (Lipinski definition) is 2. The van der Waals surface area contributed by atoms with Crippen LogP contribution in [0.1, 0.15) is 11.1 Å². The fourth-order valence-corrected chi connectivity index (χ4v) is 3.77. The predicted octanol–water partition coefficient (Wildman–Crippen LogP) is 6.12. The van der Waals surface area contributed by atoms with E-state index in [2.05, 4.69) is 42.1 Å². The van der Waals surface area contributed by atoms with Gasteiger partial charge < -0.3 is 4.74 Å². The maximum absolute atomic E-state index is 13.2. The molecule has 3 nitrogen and oxygen atoms in total. The Morgan fingerprint density at radius 3 is 2.41 bits per heavy atom. The first-order valence-electron chi connectivity index (χ1n) is 9.10. The number of halogens is 1. The Hall–Kier alpha value is -1.69. The average Bonchev–Trinajstić information content (AvgIpc) is 2.63. The van der Waals surface area contributed by atoms with Gasteiger partial charge in [-0.15, -0.1) is 0 Å². The first-order valence-corrected chi connectivity index (χ1v) is 13.6. The Labute approximate surface area is 172 Å². The zero-order chi connectivity index (χ0) is 20.0. The van der Waals surface area contributed by atoms with Gasteiger partial charge in [-0.25, -0.2) is 0 Å². The summed E-state index contributed by atoms with van der Waals surface area (Å²) in [4.78, 5) is 14.9. The lowest BCUT2D eigenvalue weighted by molar-refractivity contribution is -0.114. The highest BCUT2D eigenvalue weighted by Gasteiger charge is 2.23. The number of benzene rings is 2. The van der Waals surface area contributed by atoms with E-state index in [4.69, 9.17) is 4.74 Å². The molecular weight excluding hydrogens is 418 g/mol. The molecule has 0 aliphatic rings. The van der Waals surface area contributed by atoms with Gasteiger partial charge in [-0.3, -0.25) is 9.69 Å². The van der Waals surface area contributed by atoms with E-state index >= 15 is 0 Å². The molecule has 2 aromatic carbocycles. The topological polar surface area (TPSA) is 29.5 Å². The van der Waals surface area contributed by atoms with Gasteiger partial charge in [0.1, 0.15) is 6.73 Å². The van der Waals surface area contributed by atoms with Crippen LogP contribution < -0.4 is 4.90 Å². The van der Waals surface area contributed by atoms with Crippen LogP contribution in [0.5, 0.6) is 0 Å². The van der Waals surface area contributed by atoms with Gasteiger partial charge in [0.25, 0.3) is 5.91 Å². The highest BCUT2D eigenvalue weighted by atomic mass is 79.9. The molecule has 0 unspecified atom stereocenters. The molecule has 0 bridgehead atoms. The van der Waals surface area contributed by atoms with E-state index in [1.54, 1.807) is 4.90 Å². The predicted molar refractivity (Wildman–Crippen MR) is 121 cm³/mol. The summed E-state index contributed by atoms with van der Waals surface area (Å²) in [5.74, 6) is -0.152. The van der Waals surface area contributed by atoms with Gasteiger partial charge in [0.05, 0.1) is 5.69 Å². The Bertz CT molecular complexity index is 800. The number of rotatable bonds is 8. The minimum Gasteiger partial charge on any atom is -0.361 e. The molecule has 1 amide bonds. The zero-order valence-electron chi connectivity index (χ0n) is 16.6. The number of amides is 1. The summed E-state index contributed by atoms with van der Waals surface area (Å²) < 4.78 is 6.80. The van der Waals surface area contributed by atoms with Crippen LogP contribution in [0.4, 0.5) is 5.69 Å². The van der Waals surface area contributed by atoms with Crippen LogP contribution in [-0.4, -0.2) is 27.3 Å². The maximum Gasteiger partial charge on any atom is 0.260 e. The van der Waals surface area contributed by atoms with E-state index < -0.39 is 8.07 Å². The quantitative estimate of drug-likeness (QED) is 0.212. The molecule has 0 saturated carbocycles. The van der Waals surface area contributed by atoms with Crippen LogP contribution in [0.15, 0.2) is 59.6 Å². The van der Waals surface area contributed by atoms with Crippen molar-refractivity contribution in [2.45, 2.75) is 32.6 Å². The lowest BCUT2D eigenvalue weighted by Crippen LogP contribution is -2.35. The second-order valence-corrected chi connectivity index (χ2v) is 14.2. The summed E-state index contributed by atoms with van der Waals surface area (Å²) in [6.07, 6.45) is 0. The van der Waals surface area contributed by atoms with Crippen molar-refractivity contribution in [3.8, 4) is 0 Å². The molecule has 0 heterocycles. The van der Waals surface area contributed by atoms with E-state index in [-0.39, 0.29) is 12.6 Å². The molecule has 144 valence electrons. The van der Waals surface area contributed by atoms with Crippen molar-refractivity contribution in [3.63, 3.8) is 0 Å². The Balaban J connectivity index is 2.25. The summed E-state index contributed by atoms with van der Waals surface area (Å²) >= 11 is 3.62. The third-order valence-electron chi connectivity index (χ3n) is 4.30. The normalized spacial score (nSPS) is 11.3. The summed E-state index contributed by atoms with van der Waals surface area (Å²) in [7, 11) is -1.19. The molecule has 0 aromatic heterocycles. The number of aryl methyl sites for hydroxylation is 1. The lowest BCUT2D eigenvalue weighted by Gasteiger charge is -2.26. The minimum atomic E-state index is -1.19. The summed E-state index contributed by atoms with van der Waals surface area (Å²) in [6, 6.07) is 16.5. The summed E-state index contributed by atoms with van der Waals surface area (Å²) in [5, 5.41) is 0. The van der Waals surface area contributed by atoms with Crippen molar-refractivity contribution in [1.82, 2.24) is 0 Å². The second-order valence-electron chi connectivity index (χ2n) is 7.83. The van der Waals surface area contributed by atoms with E-state index in [0.29, 0.717) is 12.2 Å². The van der Waals surface area contributed by atoms with Crippen LogP contribution >= 0.6 is 15.9 Å². The van der Waals surface area contributed by atoms with Crippen molar-refractivity contribution >= 4 is 41.2 Å². The average molecular weight is 446 g/mol. The Morgan fingerprint density at radius 2 is 1.78 bits per heavy atom. The van der Waals surface area contributed by atoms with Crippen molar-refractivity contribution in [2.75, 3.05) is 18.2 Å². The number of nitrogens with zero attached hydrogens (tertiary/aromatic N) is 1. The molecule has 0 N–H and O–H groups in total. The van der Waals surface area contributed by atoms with Crippen molar-refractivity contribution in [3.05, 3.63) is 70.7 Å².